The molecule has 1 heterocycles. The maximum absolute atomic E-state index is 11.9. The molecular weight excluding hydrogens is 254 g/mol. The second-order valence-corrected chi connectivity index (χ2v) is 6.95. The Morgan fingerprint density at radius 2 is 2.06 bits per heavy atom. The molecule has 1 aliphatic rings. The fourth-order valence-electron chi connectivity index (χ4n) is 1.94. The number of nitrogens with zero attached hydrogens (tertiary/aromatic N) is 1. The lowest BCUT2D eigenvalue weighted by molar-refractivity contribution is -0.120. The maximum atomic E-state index is 11.9. The number of amides is 1. The standard InChI is InChI=1S/C12H21NO4S/c1-12(2,3)17-11(15)13-7-5-6-9(13)10(14)8-18(4)16/h9H,5-8H2,1-4H3. The molecule has 1 aliphatic heterocycles. The van der Waals surface area contributed by atoms with E-state index < -0.39 is 28.9 Å². The summed E-state index contributed by atoms with van der Waals surface area (Å²) in [6, 6.07) is -0.469. The van der Waals surface area contributed by atoms with Crippen LogP contribution in [0.4, 0.5) is 4.79 Å². The molecule has 1 amide bonds. The van der Waals surface area contributed by atoms with Crippen molar-refractivity contribution in [2.75, 3.05) is 18.6 Å². The van der Waals surface area contributed by atoms with Crippen LogP contribution in [0.3, 0.4) is 0 Å². The highest BCUT2D eigenvalue weighted by Gasteiger charge is 2.37. The van der Waals surface area contributed by atoms with Gasteiger partial charge in [0, 0.05) is 6.54 Å². The van der Waals surface area contributed by atoms with Crippen LogP contribution in [0.2, 0.25) is 0 Å². The Morgan fingerprint density at radius 3 is 2.56 bits per heavy atom. The van der Waals surface area contributed by atoms with Crippen molar-refractivity contribution in [1.82, 2.24) is 4.90 Å². The zero-order chi connectivity index (χ0) is 13.9. The Kier molecular flexibility index (Phi) is 5.04. The van der Waals surface area contributed by atoms with Crippen LogP contribution < -0.4 is 0 Å². The van der Waals surface area contributed by atoms with Crippen LogP contribution in [0.5, 0.6) is 0 Å². The summed E-state index contributed by atoms with van der Waals surface area (Å²) in [5.74, 6) is -0.136. The molecule has 0 saturated carbocycles. The second-order valence-electron chi connectivity index (χ2n) is 5.52. The monoisotopic (exact) mass is 275 g/mol. The van der Waals surface area contributed by atoms with E-state index in [1.54, 1.807) is 20.8 Å². The van der Waals surface area contributed by atoms with Gasteiger partial charge in [-0.1, -0.05) is 0 Å². The van der Waals surface area contributed by atoms with Gasteiger partial charge in [-0.3, -0.25) is 9.69 Å². The average Bonchev–Trinajstić information content (AvgIpc) is 2.61. The van der Waals surface area contributed by atoms with E-state index in [9.17, 15) is 14.1 Å². The largest absolute Gasteiger partial charge is 0.616 e. The topological polar surface area (TPSA) is 69.7 Å². The summed E-state index contributed by atoms with van der Waals surface area (Å²) >= 11 is -1.17. The van der Waals surface area contributed by atoms with Crippen LogP contribution in [0.15, 0.2) is 0 Å². The number of hydrogen-bond acceptors (Lipinski definition) is 4. The Morgan fingerprint density at radius 1 is 1.44 bits per heavy atom. The molecule has 1 rings (SSSR count). The molecule has 6 heteroatoms. The second kappa shape index (κ2) is 5.93. The number of hydrogen-bond donors (Lipinski definition) is 0. The molecule has 0 aromatic carbocycles. The third kappa shape index (κ3) is 4.49. The first-order valence-corrected chi connectivity index (χ1v) is 7.76. The summed E-state index contributed by atoms with van der Waals surface area (Å²) in [7, 11) is 0. The van der Waals surface area contributed by atoms with Gasteiger partial charge in [-0.25, -0.2) is 4.79 Å². The van der Waals surface area contributed by atoms with Crippen molar-refractivity contribution in [3.63, 3.8) is 0 Å². The van der Waals surface area contributed by atoms with Crippen LogP contribution in [0.1, 0.15) is 33.6 Å². The Balaban J connectivity index is 2.64. The quantitative estimate of drug-likeness (QED) is 0.729. The third-order valence-corrected chi connectivity index (χ3v) is 3.29. The molecule has 2 atom stereocenters. The third-order valence-electron chi connectivity index (χ3n) is 2.60. The van der Waals surface area contributed by atoms with Crippen molar-refractivity contribution < 1.29 is 18.9 Å². The van der Waals surface area contributed by atoms with Crippen LogP contribution in [-0.2, 0) is 20.7 Å². The first-order valence-electron chi connectivity index (χ1n) is 6.03. The smallest absolute Gasteiger partial charge is 0.410 e. The van der Waals surface area contributed by atoms with E-state index in [4.69, 9.17) is 4.74 Å². The van der Waals surface area contributed by atoms with Crippen molar-refractivity contribution in [3.8, 4) is 0 Å². The number of Topliss-reactive ketones (excluding diaryl/α,β-unsaturated/α-hetero) is 1. The lowest BCUT2D eigenvalue weighted by Crippen LogP contribution is -2.44. The van der Waals surface area contributed by atoms with Crippen molar-refractivity contribution in [1.29, 1.82) is 0 Å². The zero-order valence-corrected chi connectivity index (χ0v) is 12.2. The molecule has 18 heavy (non-hydrogen) atoms. The summed E-state index contributed by atoms with van der Waals surface area (Å²) in [6.45, 7) is 5.90. The highest BCUT2D eigenvalue weighted by Crippen LogP contribution is 2.21. The van der Waals surface area contributed by atoms with Gasteiger partial charge >= 0.3 is 6.09 Å². The number of carbonyl (C=O) groups is 2. The SMILES string of the molecule is C[S+]([O-])CC(=O)C1CCCN1C(=O)OC(C)(C)C. The van der Waals surface area contributed by atoms with Crippen LogP contribution in [-0.4, -0.2) is 51.5 Å². The van der Waals surface area contributed by atoms with Gasteiger partial charge in [-0.05, 0) is 44.8 Å². The molecule has 1 saturated heterocycles. The normalized spacial score (nSPS) is 21.8. The number of rotatable bonds is 3. The molecule has 0 spiro atoms. The number of carbonyl (C=O) groups excluding carboxylic acids is 2. The van der Waals surface area contributed by atoms with Gasteiger partial charge < -0.3 is 9.29 Å². The molecule has 5 nitrogen and oxygen atoms in total. The summed E-state index contributed by atoms with van der Waals surface area (Å²) in [5.41, 5.74) is -0.569. The minimum absolute atomic E-state index is 0.00393. The molecule has 0 aliphatic carbocycles. The Labute approximate surface area is 111 Å². The van der Waals surface area contributed by atoms with Crippen LogP contribution in [0.25, 0.3) is 0 Å². The van der Waals surface area contributed by atoms with Gasteiger partial charge in [-0.2, -0.15) is 0 Å². The Bertz CT molecular complexity index is 325. The lowest BCUT2D eigenvalue weighted by atomic mass is 10.1. The zero-order valence-electron chi connectivity index (χ0n) is 11.4. The minimum atomic E-state index is -1.17. The number of ketones is 1. The maximum Gasteiger partial charge on any atom is 0.410 e. The molecule has 0 aromatic rings. The molecule has 0 bridgehead atoms. The van der Waals surface area contributed by atoms with Crippen LogP contribution in [0, 0.1) is 0 Å². The summed E-state index contributed by atoms with van der Waals surface area (Å²) in [5, 5.41) is 0. The molecule has 0 N–H and O–H groups in total. The highest BCUT2D eigenvalue weighted by atomic mass is 32.2. The van der Waals surface area contributed by atoms with Gasteiger partial charge in [0.1, 0.15) is 5.60 Å². The minimum Gasteiger partial charge on any atom is -0.616 e. The molecule has 0 radical (unpaired) electrons. The fraction of sp³-hybridized carbons (Fsp3) is 0.833. The highest BCUT2D eigenvalue weighted by molar-refractivity contribution is 7.91. The molecule has 0 aromatic heterocycles. The molecule has 1 fully saturated rings. The van der Waals surface area contributed by atoms with E-state index in [0.29, 0.717) is 13.0 Å². The predicted octanol–water partition coefficient (Wildman–Crippen LogP) is 1.33. The van der Waals surface area contributed by atoms with Gasteiger partial charge in [-0.15, -0.1) is 0 Å². The van der Waals surface area contributed by atoms with Crippen molar-refractivity contribution in [3.05, 3.63) is 0 Å². The summed E-state index contributed by atoms with van der Waals surface area (Å²) in [6.07, 6.45) is 2.45. The molecule has 104 valence electrons. The first-order chi connectivity index (χ1) is 8.20. The van der Waals surface area contributed by atoms with Crippen molar-refractivity contribution >= 4 is 23.1 Å². The van der Waals surface area contributed by atoms with Gasteiger partial charge in [0.05, 0.1) is 12.3 Å². The molecular formula is C12H21NO4S. The Hall–Kier alpha value is -0.750. The number of ether oxygens (including phenoxy) is 1. The van der Waals surface area contributed by atoms with E-state index in [0.717, 1.165) is 6.42 Å². The summed E-state index contributed by atoms with van der Waals surface area (Å²) in [4.78, 5) is 25.3. The number of likely N-dealkylation sites (tertiary alicyclic amines) is 1. The van der Waals surface area contributed by atoms with Crippen molar-refractivity contribution in [2.24, 2.45) is 0 Å². The van der Waals surface area contributed by atoms with E-state index in [-0.39, 0.29) is 11.5 Å². The van der Waals surface area contributed by atoms with E-state index in [2.05, 4.69) is 0 Å². The van der Waals surface area contributed by atoms with E-state index in [1.807, 2.05) is 0 Å². The fourth-order valence-corrected chi connectivity index (χ4v) is 2.53. The predicted molar refractivity (Wildman–Crippen MR) is 69.9 cm³/mol. The van der Waals surface area contributed by atoms with Gasteiger partial charge in [0.2, 0.25) is 5.78 Å². The van der Waals surface area contributed by atoms with E-state index >= 15 is 0 Å². The van der Waals surface area contributed by atoms with E-state index in [1.165, 1.54) is 11.2 Å². The first kappa shape index (κ1) is 15.3. The van der Waals surface area contributed by atoms with Crippen LogP contribution >= 0.6 is 0 Å². The summed E-state index contributed by atoms with van der Waals surface area (Å²) < 4.78 is 16.3. The van der Waals surface area contributed by atoms with Crippen molar-refractivity contribution in [2.45, 2.75) is 45.3 Å². The van der Waals surface area contributed by atoms with Gasteiger partial charge in [0.15, 0.2) is 5.75 Å². The molecule has 2 unspecified atom stereocenters. The lowest BCUT2D eigenvalue weighted by Gasteiger charge is -2.27. The average molecular weight is 275 g/mol. The van der Waals surface area contributed by atoms with Gasteiger partial charge in [0.25, 0.3) is 0 Å².